The van der Waals surface area contributed by atoms with Gasteiger partial charge in [0, 0.05) is 11.8 Å². The highest BCUT2D eigenvalue weighted by atomic mass is 16.3. The van der Waals surface area contributed by atoms with E-state index < -0.39 is 11.5 Å². The van der Waals surface area contributed by atoms with Crippen molar-refractivity contribution in [3.8, 4) is 0 Å². The maximum atomic E-state index is 12.4. The second-order valence-corrected chi connectivity index (χ2v) is 8.10. The molecule has 0 spiro atoms. The maximum absolute atomic E-state index is 12.4. The lowest BCUT2D eigenvalue weighted by Crippen LogP contribution is -2.56. The van der Waals surface area contributed by atoms with Gasteiger partial charge in [0.25, 0.3) is 0 Å². The van der Waals surface area contributed by atoms with E-state index >= 15 is 0 Å². The van der Waals surface area contributed by atoms with Crippen molar-refractivity contribution in [3.63, 3.8) is 0 Å². The lowest BCUT2D eigenvalue weighted by molar-refractivity contribution is -0.148. The van der Waals surface area contributed by atoms with E-state index in [0.717, 1.165) is 19.3 Å². The van der Waals surface area contributed by atoms with Crippen molar-refractivity contribution in [1.29, 1.82) is 0 Å². The standard InChI is InChI=1S/C19H24O3/c1-18-8-7-12(20)9-11(18)3-4-13-14-5-6-16(21)19(14,2)17(22)10-15(13)18/h7-9,13-15,17,22H,3-6,10H2,1-2H3/t13-,14-,15-,17-,18-,19-/m0/s1. The molecule has 0 aromatic rings. The van der Waals surface area contributed by atoms with Gasteiger partial charge in [-0.2, -0.15) is 0 Å². The third-order valence-electron chi connectivity index (χ3n) is 7.38. The molecular formula is C19H24O3. The molecule has 3 heteroatoms. The summed E-state index contributed by atoms with van der Waals surface area (Å²) in [4.78, 5) is 24.1. The molecular weight excluding hydrogens is 276 g/mol. The molecule has 0 amide bonds. The van der Waals surface area contributed by atoms with Crippen molar-refractivity contribution in [2.45, 2.75) is 52.1 Å². The van der Waals surface area contributed by atoms with Crippen LogP contribution in [0.4, 0.5) is 0 Å². The summed E-state index contributed by atoms with van der Waals surface area (Å²) in [7, 11) is 0. The molecule has 3 nitrogen and oxygen atoms in total. The number of aliphatic hydroxyl groups excluding tert-OH is 1. The Hall–Kier alpha value is -1.22. The van der Waals surface area contributed by atoms with E-state index in [4.69, 9.17) is 0 Å². The van der Waals surface area contributed by atoms with E-state index in [1.54, 1.807) is 12.2 Å². The zero-order valence-electron chi connectivity index (χ0n) is 13.3. The van der Waals surface area contributed by atoms with Gasteiger partial charge in [-0.15, -0.1) is 0 Å². The van der Waals surface area contributed by atoms with Gasteiger partial charge >= 0.3 is 0 Å². The summed E-state index contributed by atoms with van der Waals surface area (Å²) < 4.78 is 0. The van der Waals surface area contributed by atoms with Crippen LogP contribution in [0, 0.1) is 28.6 Å². The minimum Gasteiger partial charge on any atom is -0.392 e. The first-order chi connectivity index (χ1) is 10.4. The summed E-state index contributed by atoms with van der Waals surface area (Å²) in [6.45, 7) is 4.20. The first kappa shape index (κ1) is 14.4. The predicted molar refractivity (Wildman–Crippen MR) is 83.0 cm³/mol. The molecule has 0 bridgehead atoms. The first-order valence-electron chi connectivity index (χ1n) is 8.53. The van der Waals surface area contributed by atoms with Gasteiger partial charge in [-0.05, 0) is 62.5 Å². The number of hydrogen-bond acceptors (Lipinski definition) is 3. The van der Waals surface area contributed by atoms with Gasteiger partial charge in [-0.1, -0.05) is 18.6 Å². The number of fused-ring (bicyclic) bond motifs is 5. The molecule has 0 heterocycles. The summed E-state index contributed by atoms with van der Waals surface area (Å²) in [6.07, 6.45) is 9.22. The zero-order valence-corrected chi connectivity index (χ0v) is 13.3. The molecule has 6 atom stereocenters. The molecule has 0 aromatic heterocycles. The zero-order chi connectivity index (χ0) is 15.7. The summed E-state index contributed by atoms with van der Waals surface area (Å²) in [5.74, 6) is 1.47. The van der Waals surface area contributed by atoms with Crippen LogP contribution in [-0.4, -0.2) is 22.8 Å². The van der Waals surface area contributed by atoms with Gasteiger partial charge in [0.05, 0.1) is 11.5 Å². The van der Waals surface area contributed by atoms with Crippen molar-refractivity contribution in [2.75, 3.05) is 0 Å². The molecule has 0 saturated heterocycles. The average Bonchev–Trinajstić information content (AvgIpc) is 2.79. The first-order valence-corrected chi connectivity index (χ1v) is 8.53. The largest absolute Gasteiger partial charge is 0.392 e. The van der Waals surface area contributed by atoms with Crippen LogP contribution >= 0.6 is 0 Å². The molecule has 0 radical (unpaired) electrons. The van der Waals surface area contributed by atoms with Crippen LogP contribution in [0.1, 0.15) is 46.0 Å². The highest BCUT2D eigenvalue weighted by Gasteiger charge is 2.62. The predicted octanol–water partition coefficient (Wildman–Crippen LogP) is 2.83. The van der Waals surface area contributed by atoms with Gasteiger partial charge in [0.2, 0.25) is 0 Å². The fourth-order valence-corrected chi connectivity index (χ4v) is 5.95. The SMILES string of the molecule is C[C@@]12C(=O)CC[C@H]1[C@@H]1CCC3=CC(=O)C=C[C@]3(C)[C@H]1C[C@@H]2O. The van der Waals surface area contributed by atoms with Crippen molar-refractivity contribution < 1.29 is 14.7 Å². The summed E-state index contributed by atoms with van der Waals surface area (Å²) in [5, 5.41) is 10.8. The Balaban J connectivity index is 1.76. The van der Waals surface area contributed by atoms with Crippen molar-refractivity contribution in [1.82, 2.24) is 0 Å². The van der Waals surface area contributed by atoms with Crippen molar-refractivity contribution in [3.05, 3.63) is 23.8 Å². The van der Waals surface area contributed by atoms with Crippen molar-refractivity contribution >= 4 is 11.6 Å². The van der Waals surface area contributed by atoms with Gasteiger partial charge in [0.15, 0.2) is 5.78 Å². The highest BCUT2D eigenvalue weighted by molar-refractivity contribution is 6.01. The van der Waals surface area contributed by atoms with E-state index in [1.807, 2.05) is 6.92 Å². The lowest BCUT2D eigenvalue weighted by Gasteiger charge is -2.57. The van der Waals surface area contributed by atoms with Crippen LogP contribution in [-0.2, 0) is 9.59 Å². The van der Waals surface area contributed by atoms with Crippen LogP contribution in [0.15, 0.2) is 23.8 Å². The monoisotopic (exact) mass is 300 g/mol. The van der Waals surface area contributed by atoms with Gasteiger partial charge < -0.3 is 5.11 Å². The van der Waals surface area contributed by atoms with E-state index in [-0.39, 0.29) is 17.0 Å². The van der Waals surface area contributed by atoms with Crippen LogP contribution in [0.5, 0.6) is 0 Å². The smallest absolute Gasteiger partial charge is 0.178 e. The molecule has 1 N–H and O–H groups in total. The summed E-state index contributed by atoms with van der Waals surface area (Å²) in [5.41, 5.74) is 0.568. The number of rotatable bonds is 0. The maximum Gasteiger partial charge on any atom is 0.178 e. The normalized spacial score (nSPS) is 50.2. The molecule has 0 unspecified atom stereocenters. The average molecular weight is 300 g/mol. The van der Waals surface area contributed by atoms with Gasteiger partial charge in [-0.25, -0.2) is 0 Å². The Morgan fingerprint density at radius 2 is 1.91 bits per heavy atom. The fraction of sp³-hybridized carbons (Fsp3) is 0.684. The second-order valence-electron chi connectivity index (χ2n) is 8.10. The minimum atomic E-state index is -0.545. The number of ketones is 2. The third-order valence-corrected chi connectivity index (χ3v) is 7.38. The molecule has 4 aliphatic carbocycles. The quantitative estimate of drug-likeness (QED) is 0.748. The second kappa shape index (κ2) is 4.41. The number of Topliss-reactive ketones (excluding diaryl/α,β-unsaturated/α-hetero) is 1. The number of allylic oxidation sites excluding steroid dienone is 4. The van der Waals surface area contributed by atoms with Crippen LogP contribution in [0.2, 0.25) is 0 Å². The molecule has 4 aliphatic rings. The minimum absolute atomic E-state index is 0.0863. The van der Waals surface area contributed by atoms with E-state index in [9.17, 15) is 14.7 Å². The third kappa shape index (κ3) is 1.61. The Kier molecular flexibility index (Phi) is 2.88. The Morgan fingerprint density at radius 3 is 2.68 bits per heavy atom. The molecule has 118 valence electrons. The highest BCUT2D eigenvalue weighted by Crippen LogP contribution is 2.63. The molecule has 4 rings (SSSR count). The molecule has 0 aliphatic heterocycles. The van der Waals surface area contributed by atoms with Crippen LogP contribution in [0.25, 0.3) is 0 Å². The Labute approximate surface area is 131 Å². The van der Waals surface area contributed by atoms with E-state index in [0.29, 0.717) is 30.6 Å². The van der Waals surface area contributed by atoms with Crippen LogP contribution in [0.3, 0.4) is 0 Å². The number of aliphatic hydroxyl groups is 1. The van der Waals surface area contributed by atoms with E-state index in [2.05, 4.69) is 13.0 Å². The number of carbonyl (C=O) groups excluding carboxylic acids is 2. The Morgan fingerprint density at radius 1 is 1.14 bits per heavy atom. The molecule has 0 aromatic carbocycles. The molecule has 22 heavy (non-hydrogen) atoms. The topological polar surface area (TPSA) is 54.4 Å². The number of hydrogen-bond donors (Lipinski definition) is 1. The van der Waals surface area contributed by atoms with E-state index in [1.165, 1.54) is 5.57 Å². The molecule has 3 fully saturated rings. The fourth-order valence-electron chi connectivity index (χ4n) is 5.95. The van der Waals surface area contributed by atoms with Gasteiger partial charge in [0.1, 0.15) is 5.78 Å². The Bertz CT molecular complexity index is 616. The summed E-state index contributed by atoms with van der Waals surface area (Å²) in [6, 6.07) is 0. The van der Waals surface area contributed by atoms with Crippen molar-refractivity contribution in [2.24, 2.45) is 28.6 Å². The number of carbonyl (C=O) groups is 2. The van der Waals surface area contributed by atoms with Gasteiger partial charge in [-0.3, -0.25) is 9.59 Å². The molecule has 3 saturated carbocycles. The summed E-state index contributed by atoms with van der Waals surface area (Å²) >= 11 is 0. The lowest BCUT2D eigenvalue weighted by atomic mass is 9.48. The van der Waals surface area contributed by atoms with Crippen LogP contribution < -0.4 is 0 Å².